The molecule has 0 aliphatic heterocycles. The summed E-state index contributed by atoms with van der Waals surface area (Å²) in [5.74, 6) is -0.873. The van der Waals surface area contributed by atoms with Crippen LogP contribution in [0.1, 0.15) is 35.9 Å². The van der Waals surface area contributed by atoms with Crippen molar-refractivity contribution in [2.24, 2.45) is 5.92 Å². The molecule has 2 rings (SSSR count). The molecule has 0 fully saturated rings. The molecular weight excluding hydrogens is 298 g/mol. The first kappa shape index (κ1) is 16.4. The lowest BCUT2D eigenvalue weighted by atomic mass is 9.99. The number of nitrogens with one attached hydrogen (secondary N) is 1. The summed E-state index contributed by atoms with van der Waals surface area (Å²) in [6.45, 7) is 3.90. The predicted molar refractivity (Wildman–Crippen MR) is 84.0 cm³/mol. The maximum Gasteiger partial charge on any atom is 0.310 e. The fourth-order valence-electron chi connectivity index (χ4n) is 2.19. The van der Waals surface area contributed by atoms with Crippen molar-refractivity contribution in [2.75, 3.05) is 0 Å². The van der Waals surface area contributed by atoms with E-state index in [1.807, 2.05) is 26.0 Å². The third-order valence-corrected chi connectivity index (χ3v) is 3.39. The highest BCUT2D eigenvalue weighted by Gasteiger charge is 2.22. The highest BCUT2D eigenvalue weighted by molar-refractivity contribution is 5.95. The number of hydrogen-bond acceptors (Lipinski definition) is 5. The van der Waals surface area contributed by atoms with Crippen LogP contribution in [0.3, 0.4) is 0 Å². The summed E-state index contributed by atoms with van der Waals surface area (Å²) < 4.78 is 0. The van der Waals surface area contributed by atoms with E-state index in [9.17, 15) is 20.0 Å². The van der Waals surface area contributed by atoms with Gasteiger partial charge < -0.3 is 10.4 Å². The molecule has 0 aliphatic rings. The van der Waals surface area contributed by atoms with Gasteiger partial charge in [-0.15, -0.1) is 0 Å². The van der Waals surface area contributed by atoms with Gasteiger partial charge >= 0.3 is 5.69 Å². The summed E-state index contributed by atoms with van der Waals surface area (Å²) in [5.41, 5.74) is 0.434. The number of phenols is 1. The van der Waals surface area contributed by atoms with E-state index >= 15 is 0 Å². The lowest BCUT2D eigenvalue weighted by Crippen LogP contribution is -2.32. The Hall–Kier alpha value is -2.96. The van der Waals surface area contributed by atoms with Crippen LogP contribution in [0.15, 0.2) is 42.6 Å². The fraction of sp³-hybridized carbons (Fsp3) is 0.250. The number of nitro benzene ring substituents is 1. The van der Waals surface area contributed by atoms with Gasteiger partial charge in [0.05, 0.1) is 16.7 Å². The van der Waals surface area contributed by atoms with Crippen molar-refractivity contribution in [2.45, 2.75) is 19.9 Å². The Kier molecular flexibility index (Phi) is 4.90. The van der Waals surface area contributed by atoms with Crippen molar-refractivity contribution in [3.63, 3.8) is 0 Å². The largest absolute Gasteiger partial charge is 0.502 e. The third-order valence-electron chi connectivity index (χ3n) is 3.39. The molecule has 0 spiro atoms. The van der Waals surface area contributed by atoms with E-state index < -0.39 is 22.3 Å². The zero-order chi connectivity index (χ0) is 17.0. The number of benzene rings is 1. The maximum atomic E-state index is 12.3. The molecule has 2 N–H and O–H groups in total. The molecule has 23 heavy (non-hydrogen) atoms. The second kappa shape index (κ2) is 6.87. The smallest absolute Gasteiger partial charge is 0.310 e. The monoisotopic (exact) mass is 315 g/mol. The summed E-state index contributed by atoms with van der Waals surface area (Å²) in [6, 6.07) is 8.64. The number of phenolic OH excluding ortho intramolecular Hbond substituents is 1. The van der Waals surface area contributed by atoms with Gasteiger partial charge in [0.15, 0.2) is 5.75 Å². The van der Waals surface area contributed by atoms with Gasteiger partial charge in [-0.3, -0.25) is 19.9 Å². The topological polar surface area (TPSA) is 105 Å². The SMILES string of the molecule is CC(C)[C@@H](NC(=O)c1ccc([N+](=O)[O-])c(O)c1)c1ccccn1. The van der Waals surface area contributed by atoms with Crippen LogP contribution in [0.25, 0.3) is 0 Å². The molecule has 1 aromatic heterocycles. The fourth-order valence-corrected chi connectivity index (χ4v) is 2.19. The number of aromatic nitrogens is 1. The standard InChI is InChI=1S/C16H17N3O4/c1-10(2)15(12-5-3-4-8-17-12)18-16(21)11-6-7-13(19(22)23)14(20)9-11/h3-10,15,20H,1-2H3,(H,18,21)/t15-/m1/s1. The second-order valence-corrected chi connectivity index (χ2v) is 5.41. The van der Waals surface area contributed by atoms with Crippen LogP contribution in [0, 0.1) is 16.0 Å². The van der Waals surface area contributed by atoms with Crippen molar-refractivity contribution in [3.05, 3.63) is 64.0 Å². The van der Waals surface area contributed by atoms with Gasteiger partial charge in [0.1, 0.15) is 0 Å². The van der Waals surface area contributed by atoms with Crippen molar-refractivity contribution >= 4 is 11.6 Å². The number of rotatable bonds is 5. The number of aromatic hydroxyl groups is 1. The summed E-state index contributed by atoms with van der Waals surface area (Å²) in [5, 5.41) is 23.2. The van der Waals surface area contributed by atoms with Crippen LogP contribution < -0.4 is 5.32 Å². The zero-order valence-corrected chi connectivity index (χ0v) is 12.8. The minimum Gasteiger partial charge on any atom is -0.502 e. The minimum atomic E-state index is -0.707. The molecule has 1 aromatic carbocycles. The predicted octanol–water partition coefficient (Wildman–Crippen LogP) is 2.82. The Bertz CT molecular complexity index is 717. The van der Waals surface area contributed by atoms with E-state index in [0.29, 0.717) is 0 Å². The first-order chi connectivity index (χ1) is 10.9. The number of pyridine rings is 1. The molecular formula is C16H17N3O4. The van der Waals surface area contributed by atoms with Crippen molar-refractivity contribution in [1.29, 1.82) is 0 Å². The highest BCUT2D eigenvalue weighted by Crippen LogP contribution is 2.27. The van der Waals surface area contributed by atoms with E-state index in [1.54, 1.807) is 12.3 Å². The number of nitrogens with zero attached hydrogens (tertiary/aromatic N) is 2. The molecule has 0 unspecified atom stereocenters. The van der Waals surface area contributed by atoms with Gasteiger partial charge in [0.2, 0.25) is 0 Å². The summed E-state index contributed by atoms with van der Waals surface area (Å²) in [4.78, 5) is 26.6. The molecule has 7 heteroatoms. The van der Waals surface area contributed by atoms with Gasteiger partial charge in [0.25, 0.3) is 5.91 Å². The number of amides is 1. The Labute approximate surface area is 133 Å². The molecule has 7 nitrogen and oxygen atoms in total. The quantitative estimate of drug-likeness (QED) is 0.652. The second-order valence-electron chi connectivity index (χ2n) is 5.41. The third kappa shape index (κ3) is 3.82. The Morgan fingerprint density at radius 1 is 1.30 bits per heavy atom. The minimum absolute atomic E-state index is 0.0977. The molecule has 1 atom stereocenters. The first-order valence-electron chi connectivity index (χ1n) is 7.09. The average Bonchev–Trinajstić information content (AvgIpc) is 2.52. The van der Waals surface area contributed by atoms with Gasteiger partial charge in [0, 0.05) is 17.8 Å². The van der Waals surface area contributed by atoms with E-state index in [-0.39, 0.29) is 17.5 Å². The molecule has 0 aliphatic carbocycles. The Morgan fingerprint density at radius 2 is 2.04 bits per heavy atom. The van der Waals surface area contributed by atoms with Gasteiger partial charge in [-0.2, -0.15) is 0 Å². The molecule has 2 aromatic rings. The number of carbonyl (C=O) groups is 1. The lowest BCUT2D eigenvalue weighted by molar-refractivity contribution is -0.385. The maximum absolute atomic E-state index is 12.3. The molecule has 0 radical (unpaired) electrons. The first-order valence-corrected chi connectivity index (χ1v) is 7.09. The van der Waals surface area contributed by atoms with E-state index in [1.165, 1.54) is 6.07 Å². The molecule has 1 amide bonds. The number of carbonyl (C=O) groups excluding carboxylic acids is 1. The summed E-state index contributed by atoms with van der Waals surface area (Å²) >= 11 is 0. The molecule has 0 bridgehead atoms. The van der Waals surface area contributed by atoms with Crippen LogP contribution in [0.4, 0.5) is 5.69 Å². The molecule has 120 valence electrons. The van der Waals surface area contributed by atoms with E-state index in [2.05, 4.69) is 10.3 Å². The Morgan fingerprint density at radius 3 is 2.57 bits per heavy atom. The van der Waals surface area contributed by atoms with E-state index in [0.717, 1.165) is 17.8 Å². The Balaban J connectivity index is 2.23. The van der Waals surface area contributed by atoms with Crippen LogP contribution in [0.2, 0.25) is 0 Å². The molecule has 0 saturated carbocycles. The van der Waals surface area contributed by atoms with Crippen LogP contribution in [-0.2, 0) is 0 Å². The summed E-state index contributed by atoms with van der Waals surface area (Å²) in [6.07, 6.45) is 1.65. The molecule has 0 saturated heterocycles. The van der Waals surface area contributed by atoms with Crippen LogP contribution in [-0.4, -0.2) is 20.9 Å². The zero-order valence-electron chi connectivity index (χ0n) is 12.8. The average molecular weight is 315 g/mol. The van der Waals surface area contributed by atoms with Crippen molar-refractivity contribution < 1.29 is 14.8 Å². The number of nitro groups is 1. The van der Waals surface area contributed by atoms with Crippen molar-refractivity contribution in [3.8, 4) is 5.75 Å². The van der Waals surface area contributed by atoms with Gasteiger partial charge in [-0.25, -0.2) is 0 Å². The van der Waals surface area contributed by atoms with Crippen molar-refractivity contribution in [1.82, 2.24) is 10.3 Å². The lowest BCUT2D eigenvalue weighted by Gasteiger charge is -2.22. The van der Waals surface area contributed by atoms with Gasteiger partial charge in [-0.05, 0) is 30.2 Å². The normalized spacial score (nSPS) is 12.0. The van der Waals surface area contributed by atoms with Gasteiger partial charge in [-0.1, -0.05) is 19.9 Å². The highest BCUT2D eigenvalue weighted by atomic mass is 16.6. The van der Waals surface area contributed by atoms with E-state index in [4.69, 9.17) is 0 Å². The number of hydrogen-bond donors (Lipinski definition) is 2. The van der Waals surface area contributed by atoms with Crippen LogP contribution in [0.5, 0.6) is 5.75 Å². The molecule has 1 heterocycles. The van der Waals surface area contributed by atoms with Crippen LogP contribution >= 0.6 is 0 Å². The summed E-state index contributed by atoms with van der Waals surface area (Å²) in [7, 11) is 0.